The van der Waals surface area contributed by atoms with E-state index in [4.69, 9.17) is 9.84 Å². The number of aliphatic hydroxyl groups is 1. The minimum absolute atomic E-state index is 0.179. The van der Waals surface area contributed by atoms with Crippen molar-refractivity contribution in [2.24, 2.45) is 11.8 Å². The lowest BCUT2D eigenvalue weighted by molar-refractivity contribution is -0.453. The summed E-state index contributed by atoms with van der Waals surface area (Å²) in [6, 6.07) is 1.50. The number of carbonyl (C=O) groups excluding carboxylic acids is 1. The number of esters is 1. The van der Waals surface area contributed by atoms with Gasteiger partial charge in [-0.1, -0.05) is 128 Å². The highest BCUT2D eigenvalue weighted by Gasteiger charge is 2.18. The number of likely N-dealkylation sites (N-methyl/N-ethyl adjacent to an activating group) is 1. The summed E-state index contributed by atoms with van der Waals surface area (Å²) >= 11 is 0. The molecule has 4 unspecified atom stereocenters. The average molecular weight is 1260 g/mol. The summed E-state index contributed by atoms with van der Waals surface area (Å²) in [6.45, 7) is 63.1. The molecular weight excluding hydrogens is 1100 g/mol. The van der Waals surface area contributed by atoms with E-state index in [0.29, 0.717) is 19.8 Å². The lowest BCUT2D eigenvalue weighted by Crippen LogP contribution is -2.47. The van der Waals surface area contributed by atoms with Gasteiger partial charge in [-0.2, -0.15) is 0 Å². The maximum atomic E-state index is 10.6. The van der Waals surface area contributed by atoms with Crippen LogP contribution < -0.4 is 0 Å². The number of piperazine rings is 3. The maximum absolute atomic E-state index is 10.6. The highest BCUT2D eigenvalue weighted by molar-refractivity contribution is 5.65. The minimum atomic E-state index is -0.179. The van der Waals surface area contributed by atoms with Crippen LogP contribution in [0.4, 0.5) is 0 Å². The molecule has 88 heavy (non-hydrogen) atoms. The van der Waals surface area contributed by atoms with Crippen molar-refractivity contribution in [3.63, 3.8) is 0 Å². The third-order valence-electron chi connectivity index (χ3n) is 17.3. The Kier molecular flexibility index (Phi) is 75.5. The molecular formula is C72H162N12O4. The molecule has 1 N–H and O–H groups in total. The van der Waals surface area contributed by atoms with Gasteiger partial charge in [-0.15, -0.1) is 0 Å². The molecule has 534 valence electrons. The van der Waals surface area contributed by atoms with Gasteiger partial charge in [-0.05, 0) is 179 Å². The number of hydroxylamine groups is 1. The summed E-state index contributed by atoms with van der Waals surface area (Å²) < 4.78 is 5.90. The molecule has 0 radical (unpaired) electrons. The summed E-state index contributed by atoms with van der Waals surface area (Å²) in [7, 11) is 17.1. The van der Waals surface area contributed by atoms with Gasteiger partial charge in [-0.25, -0.2) is 4.74 Å². The van der Waals surface area contributed by atoms with Crippen LogP contribution in [0.1, 0.15) is 214 Å². The average Bonchev–Trinajstić information content (AvgIpc) is 3.61. The number of β-amino-alcohol motifs (C(OH)–C–C–N with tert-alkyl or cyclic N) is 1. The molecule has 16 nitrogen and oxygen atoms in total. The molecule has 0 bridgehead atoms. The normalized spacial score (nSPS) is 18.3. The molecule has 4 fully saturated rings. The van der Waals surface area contributed by atoms with E-state index in [1.54, 1.807) is 13.1 Å². The minimum Gasteiger partial charge on any atom is -0.624 e. The summed E-state index contributed by atoms with van der Waals surface area (Å²) in [5.74, 6) is 1.66. The number of hydrogen-bond donors (Lipinski definition) is 1. The molecule has 0 aromatic carbocycles. The van der Waals surface area contributed by atoms with E-state index in [1.807, 2.05) is 0 Å². The predicted molar refractivity (Wildman–Crippen MR) is 391 cm³/mol. The second-order valence-electron chi connectivity index (χ2n) is 26.2. The van der Waals surface area contributed by atoms with E-state index in [0.717, 1.165) is 93.9 Å². The van der Waals surface area contributed by atoms with Crippen LogP contribution in [0.5, 0.6) is 0 Å². The number of nitrogens with zero attached hydrogens (tertiary/aromatic N) is 12. The van der Waals surface area contributed by atoms with Gasteiger partial charge < -0.3 is 59.1 Å². The van der Waals surface area contributed by atoms with Gasteiger partial charge in [0.2, 0.25) is 0 Å². The fourth-order valence-corrected chi connectivity index (χ4v) is 9.90. The summed E-state index contributed by atoms with van der Waals surface area (Å²) in [6.07, 6.45) is 22.2. The maximum Gasteiger partial charge on any atom is 0.302 e. The number of hydrogen-bond acceptors (Lipinski definition) is 15. The quantitative estimate of drug-likeness (QED) is 0.0242. The van der Waals surface area contributed by atoms with Crippen LogP contribution in [0.3, 0.4) is 0 Å². The molecule has 0 aromatic rings. The largest absolute Gasteiger partial charge is 0.624 e. The van der Waals surface area contributed by atoms with Gasteiger partial charge in [0.1, 0.15) is 12.8 Å². The van der Waals surface area contributed by atoms with Crippen molar-refractivity contribution in [3.05, 3.63) is 5.21 Å². The Labute approximate surface area is 552 Å². The molecule has 4 atom stereocenters. The van der Waals surface area contributed by atoms with Crippen LogP contribution in [0.25, 0.3) is 0 Å². The SMILES string of the molecule is C/C=[N+](/[O-])CCCC.CCC(C)CN(C)C.CCC(C)N(C)C.CCC(C)N(CC)CC.CCC1CCCN(C)C1.CCCCN(C)C.CCCCN1CCN(C)CC1.CCCCN1CCN(CCO)CC1.CCCCN1CCN(CCOC(C)=O)CC1. The first kappa shape index (κ1) is 95.2. The van der Waals surface area contributed by atoms with E-state index in [9.17, 15) is 10.0 Å². The molecule has 16 heteroatoms. The van der Waals surface area contributed by atoms with Crippen molar-refractivity contribution < 1.29 is 19.4 Å². The molecule has 4 aliphatic heterocycles. The number of rotatable bonds is 30. The van der Waals surface area contributed by atoms with Crippen LogP contribution in [-0.2, 0) is 9.53 Å². The Balaban J connectivity index is -0.000000298. The highest BCUT2D eigenvalue weighted by Crippen LogP contribution is 2.17. The summed E-state index contributed by atoms with van der Waals surface area (Å²) in [5, 5.41) is 19.2. The Morgan fingerprint density at radius 2 is 0.989 bits per heavy atom. The number of unbranched alkanes of at least 4 members (excludes halogenated alkanes) is 5. The van der Waals surface area contributed by atoms with Crippen LogP contribution in [0.15, 0.2) is 0 Å². The van der Waals surface area contributed by atoms with Crippen molar-refractivity contribution in [3.8, 4) is 0 Å². The van der Waals surface area contributed by atoms with Crippen molar-refractivity contribution in [2.75, 3.05) is 227 Å². The van der Waals surface area contributed by atoms with E-state index < -0.39 is 0 Å². The smallest absolute Gasteiger partial charge is 0.302 e. The zero-order valence-corrected chi connectivity index (χ0v) is 64.1. The summed E-state index contributed by atoms with van der Waals surface area (Å²) in [4.78, 5) is 36.9. The predicted octanol–water partition coefficient (Wildman–Crippen LogP) is 11.9. The number of likely N-dealkylation sites (tertiary alicyclic amines) is 1. The molecule has 4 heterocycles. The zero-order valence-electron chi connectivity index (χ0n) is 64.1. The highest BCUT2D eigenvalue weighted by atomic mass is 16.5. The van der Waals surface area contributed by atoms with E-state index >= 15 is 0 Å². The lowest BCUT2D eigenvalue weighted by Gasteiger charge is -2.34. The molecule has 4 rings (SSSR count). The second-order valence-corrected chi connectivity index (χ2v) is 26.2. The topological polar surface area (TPSA) is 108 Å². The number of carbonyl (C=O) groups is 1. The Morgan fingerprint density at radius 3 is 1.25 bits per heavy atom. The van der Waals surface area contributed by atoms with Crippen molar-refractivity contribution in [1.29, 1.82) is 0 Å². The summed E-state index contributed by atoms with van der Waals surface area (Å²) in [5.41, 5.74) is 0. The molecule has 4 aliphatic rings. The fourth-order valence-electron chi connectivity index (χ4n) is 9.90. The molecule has 0 aromatic heterocycles. The van der Waals surface area contributed by atoms with E-state index in [1.165, 1.54) is 195 Å². The standard InChI is InChI=1S/C12H24N2O2.C10H22N2O.C9H20N2.C8H17N.C8H19N.C7H17N.C6H13NO.2C6H15N/c1-3-4-5-13-6-8-14(9-7-13)10-11-16-12(2)15;1-2-3-4-11-5-7-12(8-6-11)9-10-13;1-3-4-5-11-8-6-10(2)7-9-11;1-3-8-5-4-6-9(2)7-8;1-5-8(4)9(6-2)7-3;1-5-7(2)6-8(3)4;1-3-5-6-7(8)4-2;1-5-6(2)7(3)4;1-4-5-6-7(2)3/h3-11H2,1-2H3;13H,2-10H2,1H3;3-9H2,1-2H3;8H,3-7H2,1-2H3;8H,5-7H2,1-4H3;7H,5-6H2,1-4H3;4H,3,5-6H2,1-2H3;6H,5H2,1-4H3;4-6H2,1-3H3/b;;;;;;7-4+;;. The molecule has 0 amide bonds. The molecule has 4 saturated heterocycles. The van der Waals surface area contributed by atoms with Crippen LogP contribution in [-0.4, -0.2) is 315 Å². The monoisotopic (exact) mass is 1260 g/mol. The molecule has 0 spiro atoms. The van der Waals surface area contributed by atoms with Crippen LogP contribution in [0, 0.1) is 17.0 Å². The first-order chi connectivity index (χ1) is 41.9. The zero-order chi connectivity index (χ0) is 67.9. The fraction of sp³-hybridized carbons (Fsp3) is 0.972. The Morgan fingerprint density at radius 1 is 0.568 bits per heavy atom. The Bertz CT molecular complexity index is 1390. The first-order valence-electron chi connectivity index (χ1n) is 36.6. The van der Waals surface area contributed by atoms with Gasteiger partial charge >= 0.3 is 5.97 Å². The van der Waals surface area contributed by atoms with Gasteiger partial charge in [0.15, 0.2) is 6.54 Å². The van der Waals surface area contributed by atoms with Crippen LogP contribution in [0.2, 0.25) is 0 Å². The van der Waals surface area contributed by atoms with Crippen molar-refractivity contribution in [2.45, 2.75) is 226 Å². The van der Waals surface area contributed by atoms with E-state index in [-0.39, 0.29) is 5.97 Å². The third-order valence-corrected chi connectivity index (χ3v) is 17.3. The molecule has 0 aliphatic carbocycles. The van der Waals surface area contributed by atoms with Crippen molar-refractivity contribution in [1.82, 2.24) is 53.9 Å². The third kappa shape index (κ3) is 67.4. The van der Waals surface area contributed by atoms with Gasteiger partial charge in [0.05, 0.1) is 6.61 Å². The lowest BCUT2D eigenvalue weighted by atomic mass is 9.96. The van der Waals surface area contributed by atoms with Crippen molar-refractivity contribution >= 4 is 12.2 Å². The Hall–Kier alpha value is -1.54. The number of piperidine rings is 1. The molecule has 0 saturated carbocycles. The van der Waals surface area contributed by atoms with Gasteiger partial charge in [0.25, 0.3) is 0 Å². The number of ether oxygens (including phenoxy) is 1. The van der Waals surface area contributed by atoms with Gasteiger partial charge in [0, 0.05) is 137 Å². The van der Waals surface area contributed by atoms with Gasteiger partial charge in [-0.3, -0.25) is 14.6 Å². The second kappa shape index (κ2) is 69.8. The van der Waals surface area contributed by atoms with E-state index in [2.05, 4.69) is 207 Å². The first-order valence-corrected chi connectivity index (χ1v) is 36.6. The number of aliphatic hydroxyl groups excluding tert-OH is 1. The van der Waals surface area contributed by atoms with Crippen LogP contribution >= 0.6 is 0 Å².